The lowest BCUT2D eigenvalue weighted by Crippen LogP contribution is -2.44. The first-order chi connectivity index (χ1) is 9.91. The van der Waals surface area contributed by atoms with Crippen molar-refractivity contribution in [3.8, 4) is 0 Å². The molecule has 0 spiro atoms. The molecular formula is C15H18FNO3S. The first-order valence-electron chi connectivity index (χ1n) is 6.71. The van der Waals surface area contributed by atoms with Crippen LogP contribution in [0.15, 0.2) is 18.2 Å². The van der Waals surface area contributed by atoms with E-state index in [1.807, 2.05) is 13.8 Å². The largest absolute Gasteiger partial charge is 0.477 e. The number of hydrogen-bond acceptors (Lipinski definition) is 4. The van der Waals surface area contributed by atoms with Gasteiger partial charge in [-0.25, -0.2) is 9.18 Å². The van der Waals surface area contributed by atoms with Crippen molar-refractivity contribution in [3.63, 3.8) is 0 Å². The predicted octanol–water partition coefficient (Wildman–Crippen LogP) is 2.99. The Labute approximate surface area is 126 Å². The second kappa shape index (κ2) is 6.09. The van der Waals surface area contributed by atoms with Crippen LogP contribution in [0.3, 0.4) is 0 Å². The first kappa shape index (κ1) is 15.9. The van der Waals surface area contributed by atoms with Crippen molar-refractivity contribution in [1.29, 1.82) is 0 Å². The van der Waals surface area contributed by atoms with E-state index < -0.39 is 17.3 Å². The van der Waals surface area contributed by atoms with E-state index in [1.54, 1.807) is 12.1 Å². The van der Waals surface area contributed by atoms with Gasteiger partial charge < -0.3 is 15.5 Å². The van der Waals surface area contributed by atoms with E-state index in [1.165, 1.54) is 6.07 Å². The van der Waals surface area contributed by atoms with Crippen molar-refractivity contribution < 1.29 is 19.4 Å². The molecule has 0 aliphatic carbocycles. The second-order valence-electron chi connectivity index (χ2n) is 5.25. The number of hydrogen-bond donors (Lipinski definition) is 3. The van der Waals surface area contributed by atoms with E-state index in [2.05, 4.69) is 5.32 Å². The third-order valence-electron chi connectivity index (χ3n) is 3.78. The van der Waals surface area contributed by atoms with Gasteiger partial charge in [-0.05, 0) is 25.5 Å². The summed E-state index contributed by atoms with van der Waals surface area (Å²) < 4.78 is 14.7. The van der Waals surface area contributed by atoms with Gasteiger partial charge in [-0.15, -0.1) is 11.3 Å². The molecule has 1 aromatic carbocycles. The molecule has 0 saturated carbocycles. The molecule has 1 atom stereocenters. The Hall–Kier alpha value is -1.50. The number of rotatable bonds is 6. The Morgan fingerprint density at radius 2 is 2.19 bits per heavy atom. The number of fused-ring (bicyclic) bond motifs is 1. The molecule has 0 bridgehead atoms. The van der Waals surface area contributed by atoms with E-state index >= 15 is 0 Å². The molecule has 0 aliphatic heterocycles. The van der Waals surface area contributed by atoms with Gasteiger partial charge in [-0.2, -0.15) is 0 Å². The highest BCUT2D eigenvalue weighted by Crippen LogP contribution is 2.33. The van der Waals surface area contributed by atoms with Gasteiger partial charge in [0, 0.05) is 27.7 Å². The maximum Gasteiger partial charge on any atom is 0.346 e. The van der Waals surface area contributed by atoms with E-state index in [-0.39, 0.29) is 18.0 Å². The number of aromatic carboxylic acids is 1. The van der Waals surface area contributed by atoms with E-state index in [4.69, 9.17) is 0 Å². The van der Waals surface area contributed by atoms with Crippen LogP contribution in [0.4, 0.5) is 4.39 Å². The summed E-state index contributed by atoms with van der Waals surface area (Å²) in [6.45, 7) is 3.90. The fourth-order valence-electron chi connectivity index (χ4n) is 2.10. The highest BCUT2D eigenvalue weighted by molar-refractivity contribution is 7.21. The molecule has 114 valence electrons. The fraction of sp³-hybridized carbons (Fsp3) is 0.400. The fourth-order valence-corrected chi connectivity index (χ4v) is 3.18. The predicted molar refractivity (Wildman–Crippen MR) is 81.4 cm³/mol. The highest BCUT2D eigenvalue weighted by atomic mass is 32.1. The number of aliphatic hydroxyl groups excluding tert-OH is 1. The minimum atomic E-state index is -1.06. The van der Waals surface area contributed by atoms with Crippen molar-refractivity contribution in [1.82, 2.24) is 5.32 Å². The number of aliphatic hydroxyl groups is 1. The number of thiophene rings is 1. The van der Waals surface area contributed by atoms with Gasteiger partial charge >= 0.3 is 5.97 Å². The van der Waals surface area contributed by atoms with Crippen LogP contribution < -0.4 is 5.32 Å². The third-order valence-corrected chi connectivity index (χ3v) is 4.96. The van der Waals surface area contributed by atoms with Gasteiger partial charge in [0.15, 0.2) is 0 Å². The standard InChI is InChI=1S/C15H18FNO3S/c1-3-15(2,8-18)17-7-9-12-10(16)5-4-6-11(12)21-13(9)14(19)20/h4-6,17-18H,3,7-8H2,1-2H3,(H,19,20). The molecule has 0 radical (unpaired) electrons. The molecule has 1 unspecified atom stereocenters. The Balaban J connectivity index is 2.46. The number of nitrogens with one attached hydrogen (secondary N) is 1. The average molecular weight is 311 g/mol. The molecule has 3 N–H and O–H groups in total. The summed E-state index contributed by atoms with van der Waals surface area (Å²) in [7, 11) is 0. The Morgan fingerprint density at radius 3 is 2.76 bits per heavy atom. The number of carboxylic acids is 1. The summed E-state index contributed by atoms with van der Waals surface area (Å²) in [6.07, 6.45) is 0.677. The van der Waals surface area contributed by atoms with Crippen LogP contribution in [0.25, 0.3) is 10.1 Å². The summed E-state index contributed by atoms with van der Waals surface area (Å²) in [4.78, 5) is 11.5. The number of benzene rings is 1. The zero-order valence-electron chi connectivity index (χ0n) is 11.9. The van der Waals surface area contributed by atoms with Crippen LogP contribution >= 0.6 is 11.3 Å². The van der Waals surface area contributed by atoms with Crippen LogP contribution in [-0.2, 0) is 6.54 Å². The molecule has 0 amide bonds. The maximum atomic E-state index is 14.0. The smallest absolute Gasteiger partial charge is 0.346 e. The molecule has 1 heterocycles. The lowest BCUT2D eigenvalue weighted by Gasteiger charge is -2.27. The van der Waals surface area contributed by atoms with Crippen molar-refractivity contribution >= 4 is 27.4 Å². The van der Waals surface area contributed by atoms with Gasteiger partial charge in [0.1, 0.15) is 10.7 Å². The summed E-state index contributed by atoms with van der Waals surface area (Å²) >= 11 is 1.07. The molecule has 2 aromatic rings. The summed E-state index contributed by atoms with van der Waals surface area (Å²) in [5.74, 6) is -1.48. The molecule has 1 aromatic heterocycles. The second-order valence-corrected chi connectivity index (χ2v) is 6.31. The quantitative estimate of drug-likeness (QED) is 0.767. The maximum absolute atomic E-state index is 14.0. The van der Waals surface area contributed by atoms with Gasteiger partial charge in [-0.3, -0.25) is 0 Å². The Bertz CT molecular complexity index is 664. The van der Waals surface area contributed by atoms with Crippen molar-refractivity contribution in [2.24, 2.45) is 0 Å². The van der Waals surface area contributed by atoms with Gasteiger partial charge in [-0.1, -0.05) is 13.0 Å². The normalized spacial score (nSPS) is 14.3. The number of carboxylic acid groups (broad SMARTS) is 1. The van der Waals surface area contributed by atoms with Crippen LogP contribution in [-0.4, -0.2) is 28.3 Å². The van der Waals surface area contributed by atoms with Crippen molar-refractivity contribution in [3.05, 3.63) is 34.5 Å². The zero-order chi connectivity index (χ0) is 15.6. The monoisotopic (exact) mass is 311 g/mol. The van der Waals surface area contributed by atoms with E-state index in [9.17, 15) is 19.4 Å². The Morgan fingerprint density at radius 1 is 1.48 bits per heavy atom. The van der Waals surface area contributed by atoms with Gasteiger partial charge in [0.2, 0.25) is 0 Å². The minimum Gasteiger partial charge on any atom is -0.477 e. The molecule has 0 aliphatic rings. The lowest BCUT2D eigenvalue weighted by molar-refractivity contribution is 0.0700. The Kier molecular flexibility index (Phi) is 4.61. The minimum absolute atomic E-state index is 0.0730. The molecule has 4 nitrogen and oxygen atoms in total. The van der Waals surface area contributed by atoms with Gasteiger partial charge in [0.05, 0.1) is 6.61 Å². The first-order valence-corrected chi connectivity index (χ1v) is 7.52. The lowest BCUT2D eigenvalue weighted by atomic mass is 9.99. The van der Waals surface area contributed by atoms with Crippen LogP contribution in [0.2, 0.25) is 0 Å². The topological polar surface area (TPSA) is 69.6 Å². The van der Waals surface area contributed by atoms with Crippen molar-refractivity contribution in [2.75, 3.05) is 6.61 Å². The molecular weight excluding hydrogens is 293 g/mol. The molecule has 2 rings (SSSR count). The zero-order valence-corrected chi connectivity index (χ0v) is 12.8. The SMILES string of the molecule is CCC(C)(CO)NCc1c(C(=O)O)sc2cccc(F)c12. The van der Waals surface area contributed by atoms with E-state index in [0.717, 1.165) is 11.3 Å². The summed E-state index contributed by atoms with van der Waals surface area (Å²) in [6, 6.07) is 4.61. The van der Waals surface area contributed by atoms with Gasteiger partial charge in [0.25, 0.3) is 0 Å². The van der Waals surface area contributed by atoms with E-state index in [0.29, 0.717) is 22.1 Å². The summed E-state index contributed by atoms with van der Waals surface area (Å²) in [5.41, 5.74) is -0.0799. The van der Waals surface area contributed by atoms with Crippen LogP contribution in [0.1, 0.15) is 35.5 Å². The number of carbonyl (C=O) groups is 1. The third kappa shape index (κ3) is 3.07. The number of halogens is 1. The van der Waals surface area contributed by atoms with Crippen LogP contribution in [0, 0.1) is 5.82 Å². The molecule has 6 heteroatoms. The van der Waals surface area contributed by atoms with Crippen LogP contribution in [0.5, 0.6) is 0 Å². The molecule has 0 fully saturated rings. The molecule has 21 heavy (non-hydrogen) atoms. The van der Waals surface area contributed by atoms with Crippen molar-refractivity contribution in [2.45, 2.75) is 32.4 Å². The highest BCUT2D eigenvalue weighted by Gasteiger charge is 2.24. The average Bonchev–Trinajstić information content (AvgIpc) is 2.85. The molecule has 0 saturated heterocycles. The summed E-state index contributed by atoms with van der Waals surface area (Å²) in [5, 5.41) is 22.2.